The Morgan fingerprint density at radius 1 is 0.389 bits per heavy atom. The third-order valence-electron chi connectivity index (χ3n) is 18.8. The number of hydrogen-bond donors (Lipinski definition) is 9. The first-order valence-electron chi connectivity index (χ1n) is 38.2. The van der Waals surface area contributed by atoms with Crippen LogP contribution in [0.4, 0.5) is 0 Å². The standard InChI is InChI=1S/C76H143NO13/c1-3-5-7-9-11-13-15-17-19-21-23-25-27-29-31-32-33-34-35-37-39-41-43-45-47-49-51-53-55-57-59-65(80)64(63-87-75-73(86)71(84)74(67(62-79)89-75)90-76-72(85)70(83)69(82)66(61-78)88-76)77-68(81)60-58-56-54-52-50-48-46-44-42-40-38-36-30-28-26-24-22-20-18-16-14-12-10-8-6-4-2/h41,43,49,51,57,59,64-67,69-76,78-80,82-86H,3-40,42,44-48,50,52-56,58,60-63H2,1-2H3,(H,77,81)/b43-41+,51-49+,59-57+. The quantitative estimate of drug-likeness (QED) is 0.0204. The van der Waals surface area contributed by atoms with Gasteiger partial charge in [0.05, 0.1) is 32.0 Å². The molecule has 0 radical (unpaired) electrons. The van der Waals surface area contributed by atoms with Gasteiger partial charge in [-0.1, -0.05) is 333 Å². The molecule has 2 fully saturated rings. The zero-order chi connectivity index (χ0) is 65.2. The Morgan fingerprint density at radius 3 is 1.09 bits per heavy atom. The highest BCUT2D eigenvalue weighted by atomic mass is 16.7. The van der Waals surface area contributed by atoms with Crippen molar-refractivity contribution in [2.75, 3.05) is 19.8 Å². The summed E-state index contributed by atoms with van der Waals surface area (Å²) >= 11 is 0. The average Bonchev–Trinajstić information content (AvgIpc) is 2.49. The first-order chi connectivity index (χ1) is 44.1. The number of aliphatic hydroxyl groups is 8. The highest BCUT2D eigenvalue weighted by Gasteiger charge is 2.51. The summed E-state index contributed by atoms with van der Waals surface area (Å²) in [5, 5.41) is 87.5. The van der Waals surface area contributed by atoms with Crippen molar-refractivity contribution in [3.05, 3.63) is 36.5 Å². The van der Waals surface area contributed by atoms with E-state index in [-0.39, 0.29) is 18.9 Å². The van der Waals surface area contributed by atoms with E-state index in [0.717, 1.165) is 44.9 Å². The van der Waals surface area contributed by atoms with E-state index in [1.54, 1.807) is 6.08 Å². The highest BCUT2D eigenvalue weighted by molar-refractivity contribution is 5.76. The third kappa shape index (κ3) is 44.0. The largest absolute Gasteiger partial charge is 0.394 e. The van der Waals surface area contributed by atoms with Crippen molar-refractivity contribution in [3.8, 4) is 0 Å². The Morgan fingerprint density at radius 2 is 0.711 bits per heavy atom. The van der Waals surface area contributed by atoms with Crippen LogP contribution in [0.1, 0.15) is 348 Å². The Hall–Kier alpha value is -1.79. The van der Waals surface area contributed by atoms with Gasteiger partial charge in [0, 0.05) is 6.42 Å². The van der Waals surface area contributed by atoms with E-state index in [1.807, 2.05) is 6.08 Å². The Kier molecular flexibility index (Phi) is 57.0. The Bertz CT molecular complexity index is 1650. The number of carbonyl (C=O) groups excluding carboxylic acids is 1. The smallest absolute Gasteiger partial charge is 0.220 e. The SMILES string of the molecule is CCCCCCCCCCCCCCCCCCCCCC/C=C/CC/C=C/CC/C=C/C(O)C(COC1OC(CO)C(OC2OC(CO)C(O)C(O)C2O)C(O)C1O)NC(=O)CCCCCCCCCCCCCCCCCCCCCCCCCCCC. The van der Waals surface area contributed by atoms with Crippen molar-refractivity contribution in [3.63, 3.8) is 0 Å². The third-order valence-corrected chi connectivity index (χ3v) is 18.8. The van der Waals surface area contributed by atoms with Crippen molar-refractivity contribution in [2.24, 2.45) is 0 Å². The van der Waals surface area contributed by atoms with E-state index >= 15 is 0 Å². The maximum Gasteiger partial charge on any atom is 0.220 e. The zero-order valence-corrected chi connectivity index (χ0v) is 57.9. The summed E-state index contributed by atoms with van der Waals surface area (Å²) < 4.78 is 22.9. The molecular weight excluding hydrogens is 1130 g/mol. The molecule has 2 aliphatic heterocycles. The molecule has 1 amide bonds. The molecule has 530 valence electrons. The minimum atomic E-state index is -1.79. The molecule has 0 aliphatic carbocycles. The number of amides is 1. The normalized spacial score (nSPS) is 23.0. The molecule has 0 spiro atoms. The van der Waals surface area contributed by atoms with Crippen molar-refractivity contribution in [2.45, 2.75) is 421 Å². The number of unbranched alkanes of at least 4 members (excludes halogenated alkanes) is 47. The van der Waals surface area contributed by atoms with Gasteiger partial charge in [0.25, 0.3) is 0 Å². The fourth-order valence-corrected chi connectivity index (χ4v) is 12.7. The second-order valence-electron chi connectivity index (χ2n) is 27.1. The van der Waals surface area contributed by atoms with Crippen molar-refractivity contribution < 1.29 is 64.6 Å². The number of allylic oxidation sites excluding steroid dienone is 5. The fourth-order valence-electron chi connectivity index (χ4n) is 12.7. The first-order valence-corrected chi connectivity index (χ1v) is 38.2. The summed E-state index contributed by atoms with van der Waals surface area (Å²) in [7, 11) is 0. The maximum atomic E-state index is 13.4. The average molecular weight is 1280 g/mol. The van der Waals surface area contributed by atoms with E-state index < -0.39 is 86.8 Å². The van der Waals surface area contributed by atoms with Crippen LogP contribution in [-0.4, -0.2) is 140 Å². The van der Waals surface area contributed by atoms with Crippen molar-refractivity contribution in [1.29, 1.82) is 0 Å². The first kappa shape index (κ1) is 84.3. The zero-order valence-electron chi connectivity index (χ0n) is 57.9. The van der Waals surface area contributed by atoms with Gasteiger partial charge in [-0.3, -0.25) is 4.79 Å². The minimum absolute atomic E-state index is 0.246. The predicted octanol–water partition coefficient (Wildman–Crippen LogP) is 16.5. The molecule has 0 saturated carbocycles. The summed E-state index contributed by atoms with van der Waals surface area (Å²) in [5.74, 6) is -0.246. The summed E-state index contributed by atoms with van der Waals surface area (Å²) in [6.45, 7) is 2.84. The summed E-state index contributed by atoms with van der Waals surface area (Å²) in [6, 6.07) is -0.938. The van der Waals surface area contributed by atoms with Crippen LogP contribution in [0.5, 0.6) is 0 Å². The number of nitrogens with one attached hydrogen (secondary N) is 1. The number of carbonyl (C=O) groups is 1. The van der Waals surface area contributed by atoms with E-state index in [9.17, 15) is 45.6 Å². The second-order valence-corrected chi connectivity index (χ2v) is 27.1. The number of rotatable bonds is 64. The van der Waals surface area contributed by atoms with Gasteiger partial charge in [0.1, 0.15) is 48.8 Å². The van der Waals surface area contributed by atoms with Gasteiger partial charge in [-0.25, -0.2) is 0 Å². The van der Waals surface area contributed by atoms with E-state index in [1.165, 1.54) is 270 Å². The molecule has 14 nitrogen and oxygen atoms in total. The number of aliphatic hydroxyl groups excluding tert-OH is 8. The van der Waals surface area contributed by atoms with Gasteiger partial charge in [0.2, 0.25) is 5.91 Å². The highest BCUT2D eigenvalue weighted by Crippen LogP contribution is 2.30. The summed E-state index contributed by atoms with van der Waals surface area (Å²) in [4.78, 5) is 13.4. The summed E-state index contributed by atoms with van der Waals surface area (Å²) in [6.07, 6.45) is 62.3. The number of hydrogen-bond acceptors (Lipinski definition) is 13. The molecule has 2 rings (SSSR count). The molecule has 0 aromatic rings. The molecule has 12 unspecified atom stereocenters. The van der Waals surface area contributed by atoms with Crippen LogP contribution in [0.15, 0.2) is 36.5 Å². The monoisotopic (exact) mass is 1280 g/mol. The lowest BCUT2D eigenvalue weighted by atomic mass is 9.97. The molecule has 90 heavy (non-hydrogen) atoms. The topological polar surface area (TPSA) is 228 Å². The van der Waals surface area contributed by atoms with Gasteiger partial charge in [0.15, 0.2) is 12.6 Å². The van der Waals surface area contributed by atoms with Crippen LogP contribution in [-0.2, 0) is 23.7 Å². The van der Waals surface area contributed by atoms with Gasteiger partial charge in [-0.2, -0.15) is 0 Å². The molecule has 9 N–H and O–H groups in total. The van der Waals surface area contributed by atoms with Crippen LogP contribution in [0.3, 0.4) is 0 Å². The van der Waals surface area contributed by atoms with Crippen LogP contribution in [0, 0.1) is 0 Å². The van der Waals surface area contributed by atoms with E-state index in [0.29, 0.717) is 12.8 Å². The lowest BCUT2D eigenvalue weighted by Crippen LogP contribution is -2.65. The summed E-state index contributed by atoms with van der Waals surface area (Å²) in [5.41, 5.74) is 0. The van der Waals surface area contributed by atoms with Crippen molar-refractivity contribution in [1.82, 2.24) is 5.32 Å². The Balaban J connectivity index is 1.67. The lowest BCUT2D eigenvalue weighted by Gasteiger charge is -2.46. The maximum absolute atomic E-state index is 13.4. The van der Waals surface area contributed by atoms with Gasteiger partial charge in [-0.15, -0.1) is 0 Å². The van der Waals surface area contributed by atoms with E-state index in [2.05, 4.69) is 43.5 Å². The van der Waals surface area contributed by atoms with Crippen LogP contribution in [0.2, 0.25) is 0 Å². The molecule has 14 heteroatoms. The van der Waals surface area contributed by atoms with Crippen LogP contribution >= 0.6 is 0 Å². The molecule has 0 aromatic carbocycles. The Labute approximate surface area is 551 Å². The van der Waals surface area contributed by atoms with Gasteiger partial charge < -0.3 is 65.1 Å². The fraction of sp³-hybridized carbons (Fsp3) is 0.908. The van der Waals surface area contributed by atoms with Gasteiger partial charge in [-0.05, 0) is 44.9 Å². The molecular formula is C76H143NO13. The molecule has 0 aromatic heterocycles. The molecule has 2 saturated heterocycles. The molecule has 0 bridgehead atoms. The van der Waals surface area contributed by atoms with Crippen molar-refractivity contribution >= 4 is 5.91 Å². The second kappa shape index (κ2) is 60.8. The molecule has 2 heterocycles. The lowest BCUT2D eigenvalue weighted by molar-refractivity contribution is -0.359. The predicted molar refractivity (Wildman–Crippen MR) is 369 cm³/mol. The van der Waals surface area contributed by atoms with Crippen LogP contribution < -0.4 is 5.32 Å². The molecule has 2 aliphatic rings. The van der Waals surface area contributed by atoms with Gasteiger partial charge >= 0.3 is 0 Å². The molecule has 12 atom stereocenters. The minimum Gasteiger partial charge on any atom is -0.394 e. The van der Waals surface area contributed by atoms with E-state index in [4.69, 9.17) is 18.9 Å². The number of ether oxygens (including phenoxy) is 4. The van der Waals surface area contributed by atoms with Crippen LogP contribution in [0.25, 0.3) is 0 Å².